The summed E-state index contributed by atoms with van der Waals surface area (Å²) in [6.45, 7) is -2.80. The van der Waals surface area contributed by atoms with E-state index in [2.05, 4.69) is 0 Å². The van der Waals surface area contributed by atoms with Crippen LogP contribution in [0.5, 0.6) is 0 Å². The van der Waals surface area contributed by atoms with Gasteiger partial charge in [-0.1, -0.05) is 0 Å². The standard InChI is InChI=1S/C16H20N2O8/c1-17-8(5-9(19)14(17)23)7-3-2-4-18(6-7)15-12(22)10(20)11(21)13(26-15)16(24)25/h2-4,6,8-13,15,19-22H,5H2,1H3/t8?,9-,10+,11-,12?,13?,15+/m0/s1/i1D3. The van der Waals surface area contributed by atoms with Crippen molar-refractivity contribution in [3.05, 3.63) is 30.1 Å². The molecule has 0 saturated carbocycles. The third kappa shape index (κ3) is 3.06. The topological polar surface area (TPSA) is 154 Å². The Kier molecular flexibility index (Phi) is 3.98. The van der Waals surface area contributed by atoms with Gasteiger partial charge in [-0.3, -0.25) is 4.79 Å². The molecule has 3 unspecified atom stereocenters. The summed E-state index contributed by atoms with van der Waals surface area (Å²) in [5.74, 6) is -2.74. The number of pyridine rings is 1. The van der Waals surface area contributed by atoms with Crippen LogP contribution in [-0.2, 0) is 14.3 Å². The molecule has 0 aromatic carbocycles. The number of carboxylic acids is 1. The average Bonchev–Trinajstić information content (AvgIpc) is 2.95. The third-order valence-corrected chi connectivity index (χ3v) is 4.62. The highest BCUT2D eigenvalue weighted by molar-refractivity contribution is 5.83. The van der Waals surface area contributed by atoms with Crippen molar-refractivity contribution in [3.63, 3.8) is 0 Å². The fourth-order valence-corrected chi connectivity index (χ4v) is 3.19. The van der Waals surface area contributed by atoms with E-state index in [4.69, 9.17) is 8.85 Å². The van der Waals surface area contributed by atoms with Crippen LogP contribution in [0.1, 0.15) is 28.4 Å². The number of likely N-dealkylation sites (tertiary alicyclic amines) is 1. The van der Waals surface area contributed by atoms with Crippen molar-refractivity contribution in [2.45, 2.75) is 49.2 Å². The maximum atomic E-state index is 12.1. The number of rotatable bonds is 3. The number of aliphatic carboxylic acids is 1. The van der Waals surface area contributed by atoms with E-state index in [0.717, 1.165) is 0 Å². The van der Waals surface area contributed by atoms with Gasteiger partial charge in [0.2, 0.25) is 0 Å². The first kappa shape index (κ1) is 15.0. The van der Waals surface area contributed by atoms with E-state index in [1.54, 1.807) is 0 Å². The lowest BCUT2D eigenvalue weighted by atomic mass is 9.97. The molecule has 0 aliphatic carbocycles. The largest absolute Gasteiger partial charge is 0.547 e. The minimum Gasteiger partial charge on any atom is -0.547 e. The molecule has 10 heteroatoms. The monoisotopic (exact) mass is 371 g/mol. The number of hydrogen-bond acceptors (Lipinski definition) is 8. The number of amides is 1. The second-order valence-corrected chi connectivity index (χ2v) is 6.30. The minimum atomic E-state index is -2.80. The molecule has 3 heterocycles. The molecule has 0 bridgehead atoms. The quantitative estimate of drug-likeness (QED) is 0.392. The SMILES string of the molecule is [2H]C([2H])([2H])N1C(=O)[C@@H](O)CC1c1ccc[n+]([C@@H]2OC(C(=O)[O-])[C@@H](O)[C@@H](O)C2O)c1. The van der Waals surface area contributed by atoms with Crippen molar-refractivity contribution in [2.75, 3.05) is 6.98 Å². The molecule has 2 saturated heterocycles. The Morgan fingerprint density at radius 1 is 1.35 bits per heavy atom. The molecule has 1 amide bonds. The van der Waals surface area contributed by atoms with E-state index in [-0.39, 0.29) is 12.0 Å². The average molecular weight is 371 g/mol. The lowest BCUT2D eigenvalue weighted by Gasteiger charge is -2.37. The molecule has 1 aromatic rings. The van der Waals surface area contributed by atoms with Crippen LogP contribution in [0.2, 0.25) is 0 Å². The second-order valence-electron chi connectivity index (χ2n) is 6.30. The van der Waals surface area contributed by atoms with Crippen LogP contribution in [-0.4, -0.2) is 74.7 Å². The van der Waals surface area contributed by atoms with E-state index in [1.807, 2.05) is 0 Å². The smallest absolute Gasteiger partial charge is 0.292 e. The summed E-state index contributed by atoms with van der Waals surface area (Å²) in [4.78, 5) is 23.8. The van der Waals surface area contributed by atoms with Crippen LogP contribution >= 0.6 is 0 Å². The van der Waals surface area contributed by atoms with E-state index in [1.165, 1.54) is 29.1 Å². The van der Waals surface area contributed by atoms with E-state index >= 15 is 0 Å². The molecular formula is C16H20N2O8. The predicted molar refractivity (Wildman–Crippen MR) is 79.7 cm³/mol. The number of likely N-dealkylation sites (N-methyl/N-ethyl adjacent to an activating group) is 1. The molecule has 0 radical (unpaired) electrons. The highest BCUT2D eigenvalue weighted by Crippen LogP contribution is 2.31. The highest BCUT2D eigenvalue weighted by atomic mass is 16.6. The minimum absolute atomic E-state index is 0.182. The molecule has 142 valence electrons. The maximum Gasteiger partial charge on any atom is 0.292 e. The van der Waals surface area contributed by atoms with Crippen LogP contribution < -0.4 is 9.67 Å². The summed E-state index contributed by atoms with van der Waals surface area (Å²) in [5.41, 5.74) is 0.273. The Hall–Kier alpha value is -2.11. The van der Waals surface area contributed by atoms with Gasteiger partial charge in [0.25, 0.3) is 12.1 Å². The molecule has 2 fully saturated rings. The first-order valence-electron chi connectivity index (χ1n) is 9.36. The van der Waals surface area contributed by atoms with Crippen molar-refractivity contribution in [1.82, 2.24) is 4.90 Å². The van der Waals surface area contributed by atoms with Gasteiger partial charge in [0.05, 0.1) is 12.0 Å². The van der Waals surface area contributed by atoms with Crippen molar-refractivity contribution in [3.8, 4) is 0 Å². The highest BCUT2D eigenvalue weighted by Gasteiger charge is 2.49. The van der Waals surface area contributed by atoms with Gasteiger partial charge in [0.15, 0.2) is 18.5 Å². The predicted octanol–water partition coefficient (Wildman–Crippen LogP) is -4.03. The molecule has 3 rings (SSSR count). The molecule has 4 N–H and O–H groups in total. The Morgan fingerprint density at radius 2 is 2.08 bits per heavy atom. The van der Waals surface area contributed by atoms with Crippen LogP contribution in [0, 0.1) is 0 Å². The van der Waals surface area contributed by atoms with Gasteiger partial charge < -0.3 is 40.0 Å². The maximum absolute atomic E-state index is 12.1. The Morgan fingerprint density at radius 3 is 2.73 bits per heavy atom. The number of nitrogens with zero attached hydrogens (tertiary/aromatic N) is 2. The van der Waals surface area contributed by atoms with Gasteiger partial charge in [0.1, 0.15) is 24.4 Å². The van der Waals surface area contributed by atoms with Gasteiger partial charge >= 0.3 is 0 Å². The van der Waals surface area contributed by atoms with Crippen molar-refractivity contribution in [1.29, 1.82) is 0 Å². The number of hydrogen-bond donors (Lipinski definition) is 4. The zero-order chi connectivity index (χ0) is 21.7. The van der Waals surface area contributed by atoms with E-state index in [0.29, 0.717) is 4.90 Å². The van der Waals surface area contributed by atoms with Crippen LogP contribution in [0.25, 0.3) is 0 Å². The fraction of sp³-hybridized carbons (Fsp3) is 0.562. The van der Waals surface area contributed by atoms with E-state index in [9.17, 15) is 35.1 Å². The van der Waals surface area contributed by atoms with Crippen LogP contribution in [0.15, 0.2) is 24.5 Å². The van der Waals surface area contributed by atoms with Gasteiger partial charge in [-0.05, 0) is 6.07 Å². The molecular weight excluding hydrogens is 348 g/mol. The fourth-order valence-electron chi connectivity index (χ4n) is 3.19. The van der Waals surface area contributed by atoms with Gasteiger partial charge in [0, 0.05) is 29.1 Å². The molecule has 0 spiro atoms. The summed E-state index contributed by atoms with van der Waals surface area (Å²) in [7, 11) is 0. The van der Waals surface area contributed by atoms with Gasteiger partial charge in [-0.15, -0.1) is 0 Å². The summed E-state index contributed by atoms with van der Waals surface area (Å²) >= 11 is 0. The second kappa shape index (κ2) is 6.89. The first-order chi connectivity index (χ1) is 13.4. The van der Waals surface area contributed by atoms with Crippen molar-refractivity contribution < 1.29 is 48.5 Å². The summed E-state index contributed by atoms with van der Waals surface area (Å²) in [6.07, 6.45) is -7.84. The van der Waals surface area contributed by atoms with Crippen LogP contribution in [0.3, 0.4) is 0 Å². The Balaban J connectivity index is 1.95. The van der Waals surface area contributed by atoms with Crippen molar-refractivity contribution >= 4 is 11.9 Å². The summed E-state index contributed by atoms with van der Waals surface area (Å²) in [5, 5.41) is 50.9. The lowest BCUT2D eigenvalue weighted by molar-refractivity contribution is -0.777. The molecule has 7 atom stereocenters. The van der Waals surface area contributed by atoms with Crippen molar-refractivity contribution in [2.24, 2.45) is 0 Å². The summed E-state index contributed by atoms with van der Waals surface area (Å²) < 4.78 is 29.0. The molecule has 2 aliphatic heterocycles. The zero-order valence-corrected chi connectivity index (χ0v) is 13.4. The molecule has 1 aromatic heterocycles. The van der Waals surface area contributed by atoms with E-state index < -0.39 is 61.6 Å². The number of aliphatic hydroxyl groups excluding tert-OH is 4. The molecule has 26 heavy (non-hydrogen) atoms. The first-order valence-corrected chi connectivity index (χ1v) is 7.86. The Bertz CT molecular complexity index is 807. The normalized spacial score (nSPS) is 40.0. The molecule has 10 nitrogen and oxygen atoms in total. The number of aliphatic hydroxyl groups is 4. The lowest BCUT2D eigenvalue weighted by Crippen LogP contribution is -2.65. The molecule has 2 aliphatic rings. The number of carbonyl (C=O) groups excluding carboxylic acids is 2. The number of aromatic nitrogens is 1. The van der Waals surface area contributed by atoms with Gasteiger partial charge in [-0.2, -0.15) is 4.57 Å². The summed E-state index contributed by atoms with van der Waals surface area (Å²) in [6, 6.07) is 1.91. The number of carboxylic acid groups (broad SMARTS) is 1. The third-order valence-electron chi connectivity index (χ3n) is 4.62. The Labute approximate surface area is 152 Å². The number of ether oxygens (including phenoxy) is 1. The van der Waals surface area contributed by atoms with Gasteiger partial charge in [-0.25, -0.2) is 0 Å². The number of carbonyl (C=O) groups is 2. The van der Waals surface area contributed by atoms with Crippen LogP contribution in [0.4, 0.5) is 0 Å². The zero-order valence-electron chi connectivity index (χ0n) is 16.4.